The van der Waals surface area contributed by atoms with Gasteiger partial charge < -0.3 is 25.7 Å². The number of rotatable bonds is 9. The summed E-state index contributed by atoms with van der Waals surface area (Å²) in [6.07, 6.45) is 0.829. The average molecular weight is 528 g/mol. The van der Waals surface area contributed by atoms with Gasteiger partial charge in [-0.25, -0.2) is 14.6 Å². The lowest BCUT2D eigenvalue weighted by atomic mass is 10.0. The van der Waals surface area contributed by atoms with E-state index in [0.717, 1.165) is 16.8 Å². The van der Waals surface area contributed by atoms with E-state index in [1.54, 1.807) is 24.3 Å². The molecule has 1 unspecified atom stereocenters. The minimum atomic E-state index is -0.464. The summed E-state index contributed by atoms with van der Waals surface area (Å²) in [5, 5.41) is 8.73. The van der Waals surface area contributed by atoms with Crippen molar-refractivity contribution in [2.24, 2.45) is 5.92 Å². The quantitative estimate of drug-likeness (QED) is 0.206. The molecule has 3 amide bonds. The van der Waals surface area contributed by atoms with Crippen LogP contribution in [-0.2, 0) is 16.0 Å². The molecule has 0 saturated carbocycles. The summed E-state index contributed by atoms with van der Waals surface area (Å²) in [5.41, 5.74) is 4.71. The molecule has 0 spiro atoms. The highest BCUT2D eigenvalue weighted by Crippen LogP contribution is 2.25. The fourth-order valence-electron chi connectivity index (χ4n) is 4.34. The lowest BCUT2D eigenvalue weighted by Gasteiger charge is -2.19. The van der Waals surface area contributed by atoms with Gasteiger partial charge in [0, 0.05) is 11.4 Å². The minimum Gasteiger partial charge on any atom is -0.465 e. The van der Waals surface area contributed by atoms with Gasteiger partial charge in [-0.1, -0.05) is 50.2 Å². The molecule has 0 radical (unpaired) electrons. The summed E-state index contributed by atoms with van der Waals surface area (Å²) in [6.45, 7) is 6.07. The van der Waals surface area contributed by atoms with Crippen molar-refractivity contribution in [1.82, 2.24) is 15.3 Å². The Morgan fingerprint density at radius 2 is 1.69 bits per heavy atom. The number of hydrogen-bond acceptors (Lipinski definition) is 5. The smallest absolute Gasteiger partial charge is 0.340 e. The fourth-order valence-corrected chi connectivity index (χ4v) is 4.34. The fraction of sp³-hybridized carbons (Fsp3) is 0.267. The van der Waals surface area contributed by atoms with Crippen LogP contribution in [0, 0.1) is 12.8 Å². The third-order valence-corrected chi connectivity index (χ3v) is 6.28. The van der Waals surface area contributed by atoms with Gasteiger partial charge in [0.25, 0.3) is 0 Å². The Hall–Kier alpha value is -4.66. The van der Waals surface area contributed by atoms with Crippen molar-refractivity contribution in [3.05, 3.63) is 89.2 Å². The highest BCUT2D eigenvalue weighted by molar-refractivity contribution is 6.02. The lowest BCUT2D eigenvalue weighted by Crippen LogP contribution is -2.31. The molecule has 1 atom stereocenters. The van der Waals surface area contributed by atoms with E-state index in [9.17, 15) is 14.4 Å². The van der Waals surface area contributed by atoms with Crippen LogP contribution in [-0.4, -0.2) is 35.0 Å². The van der Waals surface area contributed by atoms with Crippen molar-refractivity contribution in [2.75, 3.05) is 17.7 Å². The molecule has 0 aliphatic rings. The maximum atomic E-state index is 13.0. The molecule has 9 heteroatoms. The predicted molar refractivity (Wildman–Crippen MR) is 152 cm³/mol. The maximum Gasteiger partial charge on any atom is 0.340 e. The minimum absolute atomic E-state index is 0.160. The Labute approximate surface area is 227 Å². The number of aromatic amines is 1. The van der Waals surface area contributed by atoms with Crippen LogP contribution in [0.4, 0.5) is 16.2 Å². The Morgan fingerprint density at radius 3 is 2.38 bits per heavy atom. The van der Waals surface area contributed by atoms with Crippen molar-refractivity contribution in [3.8, 4) is 0 Å². The summed E-state index contributed by atoms with van der Waals surface area (Å²) < 4.78 is 4.88. The number of aryl methyl sites for hydroxylation is 1. The molecule has 0 fully saturated rings. The molecule has 39 heavy (non-hydrogen) atoms. The van der Waals surface area contributed by atoms with Crippen molar-refractivity contribution >= 4 is 40.3 Å². The summed E-state index contributed by atoms with van der Waals surface area (Å²) in [6, 6.07) is 19.3. The normalized spacial score (nSPS) is 11.7. The highest BCUT2D eigenvalue weighted by Gasteiger charge is 2.22. The number of methoxy groups -OCH3 is 1. The first-order valence-electron chi connectivity index (χ1n) is 12.8. The number of nitrogens with one attached hydrogen (secondary N) is 4. The molecule has 0 bridgehead atoms. The van der Waals surface area contributed by atoms with E-state index >= 15 is 0 Å². The van der Waals surface area contributed by atoms with E-state index < -0.39 is 5.97 Å². The molecule has 202 valence electrons. The predicted octanol–water partition coefficient (Wildman–Crippen LogP) is 5.75. The Balaban J connectivity index is 1.41. The number of H-pyrrole nitrogens is 1. The Morgan fingerprint density at radius 1 is 0.949 bits per heavy atom. The topological polar surface area (TPSA) is 125 Å². The number of amides is 3. The van der Waals surface area contributed by atoms with Gasteiger partial charge in [-0.3, -0.25) is 4.79 Å². The first-order chi connectivity index (χ1) is 18.7. The summed E-state index contributed by atoms with van der Waals surface area (Å²) >= 11 is 0. The zero-order chi connectivity index (χ0) is 27.9. The number of carbonyl (C=O) groups excluding carboxylic acids is 3. The largest absolute Gasteiger partial charge is 0.465 e. The average Bonchev–Trinajstić information content (AvgIpc) is 3.35. The van der Waals surface area contributed by atoms with E-state index in [1.807, 2.05) is 49.4 Å². The number of anilines is 2. The number of carbonyl (C=O) groups is 3. The van der Waals surface area contributed by atoms with E-state index in [-0.39, 0.29) is 24.4 Å². The van der Waals surface area contributed by atoms with Crippen LogP contribution in [0.15, 0.2) is 66.7 Å². The zero-order valence-corrected chi connectivity index (χ0v) is 22.5. The number of nitrogens with zero attached hydrogens (tertiary/aromatic N) is 1. The molecule has 4 aromatic rings. The van der Waals surface area contributed by atoms with E-state index in [0.29, 0.717) is 40.4 Å². The summed E-state index contributed by atoms with van der Waals surface area (Å²) in [7, 11) is 1.33. The molecule has 0 saturated heterocycles. The van der Waals surface area contributed by atoms with Gasteiger partial charge >= 0.3 is 12.0 Å². The molecule has 0 aliphatic heterocycles. The first-order valence-corrected chi connectivity index (χ1v) is 12.8. The lowest BCUT2D eigenvalue weighted by molar-refractivity contribution is -0.121. The molecule has 4 rings (SSSR count). The van der Waals surface area contributed by atoms with Crippen molar-refractivity contribution in [2.45, 2.75) is 39.7 Å². The third kappa shape index (κ3) is 7.01. The maximum absolute atomic E-state index is 13.0. The van der Waals surface area contributed by atoms with Gasteiger partial charge in [-0.2, -0.15) is 0 Å². The molecule has 1 heterocycles. The number of hydrogen-bond donors (Lipinski definition) is 4. The third-order valence-electron chi connectivity index (χ3n) is 6.28. The molecule has 4 N–H and O–H groups in total. The number of esters is 1. The Bertz CT molecular complexity index is 1480. The number of benzene rings is 3. The van der Waals surface area contributed by atoms with Crippen molar-refractivity contribution < 1.29 is 19.1 Å². The second-order valence-corrected chi connectivity index (χ2v) is 9.83. The van der Waals surface area contributed by atoms with Crippen molar-refractivity contribution in [3.63, 3.8) is 0 Å². The highest BCUT2D eigenvalue weighted by atomic mass is 16.5. The molecule has 0 aliphatic carbocycles. The van der Waals surface area contributed by atoms with Crippen LogP contribution in [0.5, 0.6) is 0 Å². The van der Waals surface area contributed by atoms with E-state index in [4.69, 9.17) is 4.74 Å². The SMILES string of the molecule is COC(=O)c1cccc2[nH]c(C(CC(C)C)NC(=O)Cc3ccc(NC(=O)Nc4ccccc4C)cc3)nc12. The van der Waals surface area contributed by atoms with Crippen LogP contribution in [0.3, 0.4) is 0 Å². The van der Waals surface area contributed by atoms with Crippen LogP contribution in [0.1, 0.15) is 53.6 Å². The van der Waals surface area contributed by atoms with Gasteiger partial charge in [-0.05, 0) is 60.7 Å². The van der Waals surface area contributed by atoms with Crippen LogP contribution >= 0.6 is 0 Å². The second-order valence-electron chi connectivity index (χ2n) is 9.83. The monoisotopic (exact) mass is 527 g/mol. The molecular weight excluding hydrogens is 494 g/mol. The van der Waals surface area contributed by atoms with Crippen LogP contribution < -0.4 is 16.0 Å². The molecule has 3 aromatic carbocycles. The standard InChI is InChI=1S/C30H33N5O4/c1-18(2)16-25(28-33-24-11-7-9-22(27(24)35-28)29(37)39-4)32-26(36)17-20-12-14-21(15-13-20)31-30(38)34-23-10-6-5-8-19(23)3/h5-15,18,25H,16-17H2,1-4H3,(H,32,36)(H,33,35)(H2,31,34,38). The summed E-state index contributed by atoms with van der Waals surface area (Å²) in [4.78, 5) is 45.4. The number of para-hydroxylation sites is 2. The number of aromatic nitrogens is 2. The number of ether oxygens (including phenoxy) is 1. The van der Waals surface area contributed by atoms with Crippen LogP contribution in [0.25, 0.3) is 11.0 Å². The van der Waals surface area contributed by atoms with Gasteiger partial charge in [0.1, 0.15) is 11.3 Å². The number of urea groups is 1. The first kappa shape index (κ1) is 27.4. The second kappa shape index (κ2) is 12.3. The van der Waals surface area contributed by atoms with Gasteiger partial charge in [-0.15, -0.1) is 0 Å². The summed E-state index contributed by atoms with van der Waals surface area (Å²) in [5.74, 6) is 0.253. The van der Waals surface area contributed by atoms with Crippen LogP contribution in [0.2, 0.25) is 0 Å². The van der Waals surface area contributed by atoms with E-state index in [2.05, 4.69) is 39.8 Å². The molecular formula is C30H33N5O4. The molecule has 9 nitrogen and oxygen atoms in total. The van der Waals surface area contributed by atoms with E-state index in [1.165, 1.54) is 7.11 Å². The van der Waals surface area contributed by atoms with Gasteiger partial charge in [0.05, 0.1) is 30.7 Å². The van der Waals surface area contributed by atoms with Crippen molar-refractivity contribution in [1.29, 1.82) is 0 Å². The Kier molecular flexibility index (Phi) is 8.60. The number of fused-ring (bicyclic) bond motifs is 1. The van der Waals surface area contributed by atoms with Gasteiger partial charge in [0.15, 0.2) is 0 Å². The number of imidazole rings is 1. The zero-order valence-electron chi connectivity index (χ0n) is 22.5. The molecule has 1 aromatic heterocycles. The van der Waals surface area contributed by atoms with Gasteiger partial charge in [0.2, 0.25) is 5.91 Å².